The number of rotatable bonds is 8. The van der Waals surface area contributed by atoms with Gasteiger partial charge in [-0.25, -0.2) is 8.78 Å². The summed E-state index contributed by atoms with van der Waals surface area (Å²) in [7, 11) is 0. The SMILES string of the molecule is CC(C)CNCCCCOc1cc(F)ccc1F. The zero-order chi connectivity index (χ0) is 13.4. The molecule has 2 nitrogen and oxygen atoms in total. The Morgan fingerprint density at radius 1 is 1.22 bits per heavy atom. The molecule has 0 unspecified atom stereocenters. The fourth-order valence-electron chi connectivity index (χ4n) is 1.51. The highest BCUT2D eigenvalue weighted by Crippen LogP contribution is 2.18. The molecule has 0 saturated carbocycles. The Hall–Kier alpha value is -1.16. The highest BCUT2D eigenvalue weighted by Gasteiger charge is 2.04. The maximum Gasteiger partial charge on any atom is 0.165 e. The number of halogens is 2. The van der Waals surface area contributed by atoms with Crippen molar-refractivity contribution in [2.45, 2.75) is 26.7 Å². The quantitative estimate of drug-likeness (QED) is 0.721. The summed E-state index contributed by atoms with van der Waals surface area (Å²) in [5.74, 6) is -0.368. The fraction of sp³-hybridized carbons (Fsp3) is 0.571. The molecule has 0 saturated heterocycles. The van der Waals surface area contributed by atoms with Gasteiger partial charge in [0.15, 0.2) is 11.6 Å². The van der Waals surface area contributed by atoms with Gasteiger partial charge in [0, 0.05) is 6.07 Å². The molecule has 0 aliphatic heterocycles. The maximum atomic E-state index is 13.2. The summed E-state index contributed by atoms with van der Waals surface area (Å²) in [6, 6.07) is 3.24. The second-order valence-corrected chi connectivity index (χ2v) is 4.73. The first-order valence-corrected chi connectivity index (χ1v) is 6.38. The summed E-state index contributed by atoms with van der Waals surface area (Å²) >= 11 is 0. The largest absolute Gasteiger partial charge is 0.490 e. The van der Waals surface area contributed by atoms with E-state index in [4.69, 9.17) is 4.74 Å². The molecule has 0 spiro atoms. The molecule has 4 heteroatoms. The molecule has 0 fully saturated rings. The second kappa shape index (κ2) is 8.03. The minimum absolute atomic E-state index is 0.00913. The van der Waals surface area contributed by atoms with Crippen LogP contribution in [0.15, 0.2) is 18.2 Å². The molecule has 0 amide bonds. The maximum absolute atomic E-state index is 13.2. The van der Waals surface area contributed by atoms with Gasteiger partial charge in [0.25, 0.3) is 0 Å². The Morgan fingerprint density at radius 3 is 2.72 bits per heavy atom. The molecule has 0 aliphatic carbocycles. The monoisotopic (exact) mass is 257 g/mol. The second-order valence-electron chi connectivity index (χ2n) is 4.73. The zero-order valence-electron chi connectivity index (χ0n) is 11.0. The normalized spacial score (nSPS) is 10.9. The molecule has 0 bridgehead atoms. The first kappa shape index (κ1) is 14.9. The van der Waals surface area contributed by atoms with E-state index in [9.17, 15) is 8.78 Å². The molecule has 1 aromatic rings. The van der Waals surface area contributed by atoms with Gasteiger partial charge in [-0.15, -0.1) is 0 Å². The predicted molar refractivity (Wildman–Crippen MR) is 68.8 cm³/mol. The third-order valence-electron chi connectivity index (χ3n) is 2.45. The van der Waals surface area contributed by atoms with Crippen molar-refractivity contribution in [3.05, 3.63) is 29.8 Å². The van der Waals surface area contributed by atoms with Crippen LogP contribution in [0.4, 0.5) is 8.78 Å². The molecule has 0 aliphatic rings. The van der Waals surface area contributed by atoms with Crippen molar-refractivity contribution in [3.8, 4) is 5.75 Å². The van der Waals surface area contributed by atoms with Crippen molar-refractivity contribution in [1.29, 1.82) is 0 Å². The highest BCUT2D eigenvalue weighted by atomic mass is 19.1. The van der Waals surface area contributed by atoms with Crippen LogP contribution in [0.25, 0.3) is 0 Å². The lowest BCUT2D eigenvalue weighted by Crippen LogP contribution is -2.21. The van der Waals surface area contributed by atoms with E-state index in [0.29, 0.717) is 12.5 Å². The summed E-state index contributed by atoms with van der Waals surface area (Å²) in [6.07, 6.45) is 1.78. The number of ether oxygens (including phenoxy) is 1. The van der Waals surface area contributed by atoms with Crippen LogP contribution in [-0.4, -0.2) is 19.7 Å². The van der Waals surface area contributed by atoms with E-state index in [1.54, 1.807) is 0 Å². The average Bonchev–Trinajstić information content (AvgIpc) is 2.32. The topological polar surface area (TPSA) is 21.3 Å². The number of hydrogen-bond acceptors (Lipinski definition) is 2. The Kier molecular flexibility index (Phi) is 6.65. The molecule has 0 radical (unpaired) electrons. The van der Waals surface area contributed by atoms with Gasteiger partial charge in [0.2, 0.25) is 0 Å². The zero-order valence-corrected chi connectivity index (χ0v) is 11.0. The summed E-state index contributed by atoms with van der Waals surface area (Å²) in [4.78, 5) is 0. The van der Waals surface area contributed by atoms with Gasteiger partial charge >= 0.3 is 0 Å². The molecular weight excluding hydrogens is 236 g/mol. The van der Waals surface area contributed by atoms with Gasteiger partial charge in [-0.05, 0) is 44.0 Å². The van der Waals surface area contributed by atoms with E-state index in [0.717, 1.165) is 44.1 Å². The third kappa shape index (κ3) is 5.96. The molecule has 102 valence electrons. The first-order chi connectivity index (χ1) is 8.59. The standard InChI is InChI=1S/C14H21F2NO/c1-11(2)10-17-7-3-4-8-18-14-9-12(15)5-6-13(14)16/h5-6,9,11,17H,3-4,7-8,10H2,1-2H3. The van der Waals surface area contributed by atoms with E-state index in [-0.39, 0.29) is 5.75 Å². The van der Waals surface area contributed by atoms with Crippen molar-refractivity contribution < 1.29 is 13.5 Å². The lowest BCUT2D eigenvalue weighted by atomic mass is 10.2. The molecule has 0 aromatic heterocycles. The van der Waals surface area contributed by atoms with Crippen molar-refractivity contribution in [1.82, 2.24) is 5.32 Å². The van der Waals surface area contributed by atoms with Crippen LogP contribution in [0.2, 0.25) is 0 Å². The Balaban J connectivity index is 2.12. The van der Waals surface area contributed by atoms with Crippen LogP contribution in [0.5, 0.6) is 5.75 Å². The summed E-state index contributed by atoms with van der Waals surface area (Å²) < 4.78 is 31.2. The van der Waals surface area contributed by atoms with Crippen molar-refractivity contribution in [2.75, 3.05) is 19.7 Å². The fourth-order valence-corrected chi connectivity index (χ4v) is 1.51. The first-order valence-electron chi connectivity index (χ1n) is 6.38. The lowest BCUT2D eigenvalue weighted by Gasteiger charge is -2.09. The van der Waals surface area contributed by atoms with Crippen LogP contribution in [0.1, 0.15) is 26.7 Å². The molecule has 0 atom stereocenters. The van der Waals surface area contributed by atoms with E-state index in [2.05, 4.69) is 19.2 Å². The van der Waals surface area contributed by atoms with Gasteiger partial charge in [0.05, 0.1) is 6.61 Å². The lowest BCUT2D eigenvalue weighted by molar-refractivity contribution is 0.289. The summed E-state index contributed by atoms with van der Waals surface area (Å²) in [5.41, 5.74) is 0. The molecule has 1 N–H and O–H groups in total. The number of benzene rings is 1. The van der Waals surface area contributed by atoms with Gasteiger partial charge in [-0.1, -0.05) is 13.8 Å². The average molecular weight is 257 g/mol. The number of nitrogens with one attached hydrogen (secondary N) is 1. The summed E-state index contributed by atoms with van der Waals surface area (Å²) in [5, 5.41) is 3.31. The van der Waals surface area contributed by atoms with Gasteiger partial charge in [0.1, 0.15) is 5.82 Å². The molecule has 18 heavy (non-hydrogen) atoms. The van der Waals surface area contributed by atoms with Crippen molar-refractivity contribution in [2.24, 2.45) is 5.92 Å². The van der Waals surface area contributed by atoms with Crippen molar-refractivity contribution >= 4 is 0 Å². The Morgan fingerprint density at radius 2 is 2.00 bits per heavy atom. The predicted octanol–water partition coefficient (Wildman–Crippen LogP) is 3.37. The van der Waals surface area contributed by atoms with E-state index in [1.165, 1.54) is 0 Å². The van der Waals surface area contributed by atoms with Crippen LogP contribution in [0, 0.1) is 17.6 Å². The van der Waals surface area contributed by atoms with Gasteiger partial charge in [-0.3, -0.25) is 0 Å². The smallest absolute Gasteiger partial charge is 0.165 e. The Bertz CT molecular complexity index is 356. The molecular formula is C14H21F2NO. The van der Waals surface area contributed by atoms with Gasteiger partial charge in [-0.2, -0.15) is 0 Å². The number of hydrogen-bond donors (Lipinski definition) is 1. The van der Waals surface area contributed by atoms with Gasteiger partial charge < -0.3 is 10.1 Å². The Labute approximate surface area is 107 Å². The minimum Gasteiger partial charge on any atom is -0.490 e. The van der Waals surface area contributed by atoms with Crippen LogP contribution in [-0.2, 0) is 0 Å². The highest BCUT2D eigenvalue weighted by molar-refractivity contribution is 5.24. The van der Waals surface area contributed by atoms with Crippen molar-refractivity contribution in [3.63, 3.8) is 0 Å². The molecule has 1 aromatic carbocycles. The summed E-state index contributed by atoms with van der Waals surface area (Å²) in [6.45, 7) is 6.64. The number of unbranched alkanes of at least 4 members (excludes halogenated alkanes) is 1. The minimum atomic E-state index is -0.519. The third-order valence-corrected chi connectivity index (χ3v) is 2.45. The van der Waals surface area contributed by atoms with E-state index >= 15 is 0 Å². The van der Waals surface area contributed by atoms with E-state index < -0.39 is 11.6 Å². The molecule has 1 rings (SSSR count). The van der Waals surface area contributed by atoms with E-state index in [1.807, 2.05) is 0 Å². The van der Waals surface area contributed by atoms with Crippen LogP contribution < -0.4 is 10.1 Å². The molecule has 0 heterocycles. The van der Waals surface area contributed by atoms with Crippen LogP contribution in [0.3, 0.4) is 0 Å². The van der Waals surface area contributed by atoms with Crippen LogP contribution >= 0.6 is 0 Å².